The summed E-state index contributed by atoms with van der Waals surface area (Å²) in [7, 11) is 0. The van der Waals surface area contributed by atoms with E-state index in [1.165, 1.54) is 0 Å². The molecular formula is C16H15BrClNO2. The van der Waals surface area contributed by atoms with Crippen molar-refractivity contribution in [3.05, 3.63) is 51.5 Å². The summed E-state index contributed by atoms with van der Waals surface area (Å²) in [6, 6.07) is 11.8. The molecule has 1 heterocycles. The van der Waals surface area contributed by atoms with E-state index in [4.69, 9.17) is 21.1 Å². The van der Waals surface area contributed by atoms with Crippen molar-refractivity contribution in [3.8, 4) is 11.5 Å². The fourth-order valence-electron chi connectivity index (χ4n) is 2.15. The van der Waals surface area contributed by atoms with Crippen LogP contribution in [0.3, 0.4) is 0 Å². The van der Waals surface area contributed by atoms with Gasteiger partial charge in [-0.2, -0.15) is 0 Å². The van der Waals surface area contributed by atoms with E-state index in [1.807, 2.05) is 36.4 Å². The summed E-state index contributed by atoms with van der Waals surface area (Å²) < 4.78 is 12.3. The Hall–Kier alpha value is -1.39. The van der Waals surface area contributed by atoms with Crippen molar-refractivity contribution in [1.82, 2.24) is 0 Å². The Labute approximate surface area is 137 Å². The van der Waals surface area contributed by atoms with Crippen molar-refractivity contribution in [2.75, 3.05) is 18.5 Å². The van der Waals surface area contributed by atoms with Gasteiger partial charge in [-0.05, 0) is 35.9 Å². The predicted molar refractivity (Wildman–Crippen MR) is 88.5 cm³/mol. The first-order valence-corrected chi connectivity index (χ1v) is 7.97. The summed E-state index contributed by atoms with van der Waals surface area (Å²) in [4.78, 5) is 0. The van der Waals surface area contributed by atoms with Crippen LogP contribution in [-0.2, 0) is 6.54 Å². The third-order valence-electron chi connectivity index (χ3n) is 3.23. The van der Waals surface area contributed by atoms with Gasteiger partial charge in [0.1, 0.15) is 0 Å². The van der Waals surface area contributed by atoms with Crippen LogP contribution in [0.5, 0.6) is 11.5 Å². The number of rotatable bonds is 3. The van der Waals surface area contributed by atoms with Crippen molar-refractivity contribution in [2.24, 2.45) is 0 Å². The van der Waals surface area contributed by atoms with Gasteiger partial charge < -0.3 is 14.8 Å². The summed E-state index contributed by atoms with van der Waals surface area (Å²) in [5, 5.41) is 4.02. The Bertz CT molecular complexity index is 648. The van der Waals surface area contributed by atoms with Crippen LogP contribution in [0, 0.1) is 0 Å². The lowest BCUT2D eigenvalue weighted by Crippen LogP contribution is -2.01. The molecule has 0 amide bonds. The molecule has 110 valence electrons. The van der Waals surface area contributed by atoms with Gasteiger partial charge in [0.2, 0.25) is 0 Å². The number of halogens is 2. The number of hydrogen-bond acceptors (Lipinski definition) is 3. The normalized spacial score (nSPS) is 13.6. The van der Waals surface area contributed by atoms with Crippen LogP contribution in [0.1, 0.15) is 12.0 Å². The van der Waals surface area contributed by atoms with Crippen molar-refractivity contribution < 1.29 is 9.47 Å². The van der Waals surface area contributed by atoms with Crippen LogP contribution in [-0.4, -0.2) is 13.2 Å². The summed E-state index contributed by atoms with van der Waals surface area (Å²) >= 11 is 9.59. The highest BCUT2D eigenvalue weighted by Gasteiger charge is 2.10. The van der Waals surface area contributed by atoms with Gasteiger partial charge in [-0.1, -0.05) is 33.6 Å². The Balaban J connectivity index is 1.72. The molecule has 21 heavy (non-hydrogen) atoms. The number of ether oxygens (including phenoxy) is 2. The van der Waals surface area contributed by atoms with E-state index in [0.29, 0.717) is 24.8 Å². The van der Waals surface area contributed by atoms with Gasteiger partial charge in [0.25, 0.3) is 0 Å². The molecule has 1 N–H and O–H groups in total. The van der Waals surface area contributed by atoms with Gasteiger partial charge in [0.05, 0.1) is 23.9 Å². The number of fused-ring (bicyclic) bond motifs is 1. The average molecular weight is 369 g/mol. The second kappa shape index (κ2) is 6.58. The molecule has 0 radical (unpaired) electrons. The molecule has 5 heteroatoms. The molecule has 0 aliphatic carbocycles. The van der Waals surface area contributed by atoms with Crippen molar-refractivity contribution in [3.63, 3.8) is 0 Å². The fraction of sp³-hybridized carbons (Fsp3) is 0.250. The lowest BCUT2D eigenvalue weighted by molar-refractivity contribution is 0.297. The number of nitrogens with one attached hydrogen (secondary N) is 1. The molecule has 0 unspecified atom stereocenters. The molecular weight excluding hydrogens is 354 g/mol. The molecule has 2 aromatic carbocycles. The maximum atomic E-state index is 6.20. The first-order valence-electron chi connectivity index (χ1n) is 6.80. The summed E-state index contributed by atoms with van der Waals surface area (Å²) in [5.74, 6) is 1.63. The Morgan fingerprint density at radius 2 is 1.86 bits per heavy atom. The summed E-state index contributed by atoms with van der Waals surface area (Å²) in [6.45, 7) is 2.08. The van der Waals surface area contributed by atoms with Crippen LogP contribution in [0.2, 0.25) is 5.02 Å². The molecule has 0 spiro atoms. The highest BCUT2D eigenvalue weighted by molar-refractivity contribution is 9.10. The van der Waals surface area contributed by atoms with Crippen molar-refractivity contribution >= 4 is 33.2 Å². The molecule has 0 bridgehead atoms. The summed E-state index contributed by atoms with van der Waals surface area (Å²) in [6.07, 6.45) is 0.913. The van der Waals surface area contributed by atoms with Gasteiger partial charge in [0.15, 0.2) is 11.5 Å². The van der Waals surface area contributed by atoms with E-state index in [-0.39, 0.29) is 0 Å². The molecule has 0 saturated carbocycles. The Morgan fingerprint density at radius 3 is 2.67 bits per heavy atom. The van der Waals surface area contributed by atoms with Crippen LogP contribution in [0.25, 0.3) is 0 Å². The lowest BCUT2D eigenvalue weighted by atomic mass is 10.2. The van der Waals surface area contributed by atoms with E-state index in [0.717, 1.165) is 33.6 Å². The molecule has 0 fully saturated rings. The number of hydrogen-bond donors (Lipinski definition) is 1. The molecule has 1 aliphatic rings. The first-order chi connectivity index (χ1) is 10.2. The Morgan fingerprint density at radius 1 is 1.05 bits per heavy atom. The third-order valence-corrected chi connectivity index (χ3v) is 4.03. The molecule has 0 saturated heterocycles. The monoisotopic (exact) mass is 367 g/mol. The predicted octanol–water partition coefficient (Wildman–Crippen LogP) is 4.88. The largest absolute Gasteiger partial charge is 0.490 e. The van der Waals surface area contributed by atoms with Gasteiger partial charge in [-0.3, -0.25) is 0 Å². The van der Waals surface area contributed by atoms with Gasteiger partial charge >= 0.3 is 0 Å². The van der Waals surface area contributed by atoms with E-state index < -0.39 is 0 Å². The first kappa shape index (κ1) is 14.5. The number of anilines is 1. The maximum absolute atomic E-state index is 6.20. The van der Waals surface area contributed by atoms with Crippen molar-refractivity contribution in [1.29, 1.82) is 0 Å². The SMILES string of the molecule is Clc1cc(Br)ccc1NCc1ccc2c(c1)OCCCO2. The quantitative estimate of drug-likeness (QED) is 0.838. The van der Waals surface area contributed by atoms with E-state index >= 15 is 0 Å². The topological polar surface area (TPSA) is 30.5 Å². The molecule has 1 aliphatic heterocycles. The molecule has 0 aromatic heterocycles. The highest BCUT2D eigenvalue weighted by atomic mass is 79.9. The Kier molecular flexibility index (Phi) is 4.56. The zero-order valence-corrected chi connectivity index (χ0v) is 13.7. The van der Waals surface area contributed by atoms with Gasteiger partial charge in [-0.15, -0.1) is 0 Å². The second-order valence-corrected chi connectivity index (χ2v) is 6.13. The van der Waals surface area contributed by atoms with Gasteiger partial charge in [-0.25, -0.2) is 0 Å². The van der Waals surface area contributed by atoms with Crippen LogP contribution in [0.4, 0.5) is 5.69 Å². The van der Waals surface area contributed by atoms with E-state index in [1.54, 1.807) is 0 Å². The van der Waals surface area contributed by atoms with Crippen LogP contribution in [0.15, 0.2) is 40.9 Å². The minimum atomic E-state index is 0.679. The smallest absolute Gasteiger partial charge is 0.161 e. The van der Waals surface area contributed by atoms with E-state index in [2.05, 4.69) is 21.2 Å². The third kappa shape index (κ3) is 3.63. The lowest BCUT2D eigenvalue weighted by Gasteiger charge is -2.11. The zero-order valence-electron chi connectivity index (χ0n) is 11.4. The second-order valence-electron chi connectivity index (χ2n) is 4.81. The molecule has 3 rings (SSSR count). The van der Waals surface area contributed by atoms with Crippen LogP contribution < -0.4 is 14.8 Å². The molecule has 2 aromatic rings. The van der Waals surface area contributed by atoms with Gasteiger partial charge in [0, 0.05) is 17.4 Å². The molecule has 0 atom stereocenters. The van der Waals surface area contributed by atoms with Crippen LogP contribution >= 0.6 is 27.5 Å². The summed E-state index contributed by atoms with van der Waals surface area (Å²) in [5.41, 5.74) is 2.03. The maximum Gasteiger partial charge on any atom is 0.161 e. The minimum Gasteiger partial charge on any atom is -0.490 e. The zero-order chi connectivity index (χ0) is 14.7. The highest BCUT2D eigenvalue weighted by Crippen LogP contribution is 2.31. The average Bonchev–Trinajstić information content (AvgIpc) is 2.71. The number of benzene rings is 2. The van der Waals surface area contributed by atoms with E-state index in [9.17, 15) is 0 Å². The van der Waals surface area contributed by atoms with Crippen molar-refractivity contribution in [2.45, 2.75) is 13.0 Å². The standard InChI is InChI=1S/C16H15BrClNO2/c17-12-3-4-14(13(18)9-12)19-10-11-2-5-15-16(8-11)21-7-1-6-20-15/h2-5,8-9,19H,1,6-7,10H2. The fourth-order valence-corrected chi connectivity index (χ4v) is 2.89. The minimum absolute atomic E-state index is 0.679. The molecule has 3 nitrogen and oxygen atoms in total.